The monoisotopic (exact) mass is 430 g/mol. The number of likely N-dealkylation sites (tertiary alicyclic amines) is 1. The quantitative estimate of drug-likeness (QED) is 0.676. The Labute approximate surface area is 184 Å². The fourth-order valence-corrected chi connectivity index (χ4v) is 5.75. The Morgan fingerprint density at radius 3 is 2.55 bits per heavy atom. The van der Waals surface area contributed by atoms with Gasteiger partial charge in [-0.05, 0) is 52.4 Å². The Balaban J connectivity index is 1.56. The number of aromatic nitrogens is 2. The number of amides is 1. The van der Waals surface area contributed by atoms with Gasteiger partial charge in [0.25, 0.3) is 5.91 Å². The van der Waals surface area contributed by atoms with Gasteiger partial charge in [-0.1, -0.05) is 0 Å². The number of fused-ring (bicyclic) bond motifs is 1. The summed E-state index contributed by atoms with van der Waals surface area (Å²) in [5.74, 6) is 0.00937. The van der Waals surface area contributed by atoms with E-state index < -0.39 is 5.41 Å². The van der Waals surface area contributed by atoms with E-state index in [1.54, 1.807) is 0 Å². The van der Waals surface area contributed by atoms with Crippen LogP contribution in [0.1, 0.15) is 54.4 Å². The van der Waals surface area contributed by atoms with Crippen molar-refractivity contribution in [3.05, 3.63) is 23.3 Å². The summed E-state index contributed by atoms with van der Waals surface area (Å²) in [6, 6.07) is 0.478. The number of esters is 1. The molecule has 0 radical (unpaired) electrons. The third-order valence-electron chi connectivity index (χ3n) is 7.45. The number of aryl methyl sites for hydroxylation is 2. The highest BCUT2D eigenvalue weighted by Gasteiger charge is 2.54. The van der Waals surface area contributed by atoms with Gasteiger partial charge in [-0.3, -0.25) is 14.5 Å². The summed E-state index contributed by atoms with van der Waals surface area (Å²) in [4.78, 5) is 39.5. The second-order valence-electron chi connectivity index (χ2n) is 9.08. The van der Waals surface area contributed by atoms with Gasteiger partial charge in [-0.25, -0.2) is 9.97 Å². The van der Waals surface area contributed by atoms with Crippen molar-refractivity contribution in [3.63, 3.8) is 0 Å². The minimum absolute atomic E-state index is 0.0759. The molecule has 2 aliphatic heterocycles. The zero-order valence-electron chi connectivity index (χ0n) is 18.9. The molecular weight excluding hydrogens is 396 g/mol. The Bertz CT molecular complexity index is 806. The summed E-state index contributed by atoms with van der Waals surface area (Å²) in [5.41, 5.74) is 1.30. The highest BCUT2D eigenvalue weighted by molar-refractivity contribution is 5.96. The fourth-order valence-electron chi connectivity index (χ4n) is 5.75. The van der Waals surface area contributed by atoms with Gasteiger partial charge < -0.3 is 14.4 Å². The maximum absolute atomic E-state index is 13.4. The van der Waals surface area contributed by atoms with E-state index in [1.807, 2.05) is 25.7 Å². The molecule has 4 rings (SSSR count). The summed E-state index contributed by atoms with van der Waals surface area (Å²) in [5, 5.41) is 0. The first kappa shape index (κ1) is 22.1. The van der Waals surface area contributed by atoms with E-state index in [1.165, 1.54) is 6.33 Å². The molecule has 3 fully saturated rings. The molecule has 0 N–H and O–H groups in total. The molecule has 1 amide bonds. The van der Waals surface area contributed by atoms with Crippen molar-refractivity contribution in [2.24, 2.45) is 11.3 Å². The maximum Gasteiger partial charge on any atom is 0.314 e. The van der Waals surface area contributed by atoms with Gasteiger partial charge in [0, 0.05) is 32.2 Å². The van der Waals surface area contributed by atoms with Crippen LogP contribution in [0, 0.1) is 25.2 Å². The molecule has 1 aromatic heterocycles. The lowest BCUT2D eigenvalue weighted by molar-refractivity contribution is -0.168. The van der Waals surface area contributed by atoms with Crippen molar-refractivity contribution in [2.75, 3.05) is 46.0 Å². The van der Waals surface area contributed by atoms with Crippen molar-refractivity contribution >= 4 is 11.9 Å². The van der Waals surface area contributed by atoms with Gasteiger partial charge in [-0.15, -0.1) is 0 Å². The topological polar surface area (TPSA) is 84.9 Å². The predicted molar refractivity (Wildman–Crippen MR) is 115 cm³/mol. The summed E-state index contributed by atoms with van der Waals surface area (Å²) in [7, 11) is 0. The summed E-state index contributed by atoms with van der Waals surface area (Å²) in [6.07, 6.45) is 4.99. The van der Waals surface area contributed by atoms with Crippen molar-refractivity contribution in [3.8, 4) is 0 Å². The van der Waals surface area contributed by atoms with E-state index in [0.29, 0.717) is 42.7 Å². The molecule has 8 heteroatoms. The number of hydrogen-bond acceptors (Lipinski definition) is 7. The standard InChI is InChI=1S/C23H34N4O4/c1-4-31-22(29)23-7-5-19(26-9-11-30-12-10-26)13-18(23)6-8-27(14-23)21(28)20-16(2)24-15-25-17(20)3/h15,18-19H,4-14H2,1-3H3/t18-,19+,23-/m1/s1. The molecule has 0 unspecified atom stereocenters. The van der Waals surface area contributed by atoms with Crippen LogP contribution in [0.25, 0.3) is 0 Å². The Morgan fingerprint density at radius 1 is 1.16 bits per heavy atom. The zero-order valence-corrected chi connectivity index (χ0v) is 18.9. The molecule has 3 atom stereocenters. The van der Waals surface area contributed by atoms with E-state index in [2.05, 4.69) is 14.9 Å². The van der Waals surface area contributed by atoms with Crippen LogP contribution in [-0.2, 0) is 14.3 Å². The van der Waals surface area contributed by atoms with Crippen LogP contribution in [0.3, 0.4) is 0 Å². The van der Waals surface area contributed by atoms with Crippen LogP contribution in [0.4, 0.5) is 0 Å². The fraction of sp³-hybridized carbons (Fsp3) is 0.739. The first-order chi connectivity index (χ1) is 15.0. The number of ether oxygens (including phenoxy) is 2. The second kappa shape index (κ2) is 9.20. The first-order valence-corrected chi connectivity index (χ1v) is 11.5. The largest absolute Gasteiger partial charge is 0.466 e. The molecule has 170 valence electrons. The van der Waals surface area contributed by atoms with E-state index in [-0.39, 0.29) is 17.8 Å². The Hall–Kier alpha value is -2.06. The van der Waals surface area contributed by atoms with Crippen LogP contribution in [0.5, 0.6) is 0 Å². The van der Waals surface area contributed by atoms with Gasteiger partial charge in [-0.2, -0.15) is 0 Å². The lowest BCUT2D eigenvalue weighted by atomic mass is 9.61. The molecule has 0 bridgehead atoms. The Kier molecular flexibility index (Phi) is 6.57. The average molecular weight is 431 g/mol. The molecular formula is C23H34N4O4. The predicted octanol–water partition coefficient (Wildman–Crippen LogP) is 1.99. The zero-order chi connectivity index (χ0) is 22.0. The van der Waals surface area contributed by atoms with Gasteiger partial charge in [0.05, 0.1) is 42.2 Å². The minimum atomic E-state index is -0.621. The number of carbonyl (C=O) groups excluding carboxylic acids is 2. The van der Waals surface area contributed by atoms with Crippen LogP contribution >= 0.6 is 0 Å². The molecule has 0 aromatic carbocycles. The molecule has 3 aliphatic rings. The van der Waals surface area contributed by atoms with E-state index in [9.17, 15) is 9.59 Å². The molecule has 1 aliphatic carbocycles. The van der Waals surface area contributed by atoms with Crippen molar-refractivity contribution < 1.29 is 19.1 Å². The Morgan fingerprint density at radius 2 is 1.87 bits per heavy atom. The summed E-state index contributed by atoms with van der Waals surface area (Å²) in [6.45, 7) is 10.4. The van der Waals surface area contributed by atoms with Gasteiger partial charge in [0.1, 0.15) is 6.33 Å². The van der Waals surface area contributed by atoms with E-state index in [4.69, 9.17) is 9.47 Å². The van der Waals surface area contributed by atoms with Crippen molar-refractivity contribution in [2.45, 2.75) is 52.5 Å². The number of rotatable bonds is 4. The SMILES string of the molecule is CCOC(=O)[C@@]12CC[C@H](N3CCOCC3)C[C@H]1CCN(C(=O)c1c(C)ncnc1C)C2. The molecule has 1 saturated carbocycles. The average Bonchev–Trinajstić information content (AvgIpc) is 2.78. The molecule has 0 spiro atoms. The van der Waals surface area contributed by atoms with E-state index in [0.717, 1.165) is 52.0 Å². The number of piperidine rings is 1. The molecule has 2 saturated heterocycles. The first-order valence-electron chi connectivity index (χ1n) is 11.5. The number of carbonyl (C=O) groups is 2. The van der Waals surface area contributed by atoms with Crippen LogP contribution < -0.4 is 0 Å². The normalized spacial score (nSPS) is 29.3. The lowest BCUT2D eigenvalue weighted by Crippen LogP contribution is -2.59. The van der Waals surface area contributed by atoms with E-state index >= 15 is 0 Å². The highest BCUT2D eigenvalue weighted by atomic mass is 16.5. The van der Waals surface area contributed by atoms with Crippen molar-refractivity contribution in [1.82, 2.24) is 19.8 Å². The lowest BCUT2D eigenvalue weighted by Gasteiger charge is -2.52. The van der Waals surface area contributed by atoms with Crippen molar-refractivity contribution in [1.29, 1.82) is 0 Å². The van der Waals surface area contributed by atoms with Gasteiger partial charge in [0.15, 0.2) is 0 Å². The number of morpholine rings is 1. The molecule has 3 heterocycles. The number of hydrogen-bond donors (Lipinski definition) is 0. The summed E-state index contributed by atoms with van der Waals surface area (Å²) >= 11 is 0. The molecule has 8 nitrogen and oxygen atoms in total. The van der Waals surface area contributed by atoms with Crippen LogP contribution in [0.15, 0.2) is 6.33 Å². The smallest absolute Gasteiger partial charge is 0.314 e. The molecule has 31 heavy (non-hydrogen) atoms. The highest BCUT2D eigenvalue weighted by Crippen LogP contribution is 2.48. The molecule has 1 aromatic rings. The summed E-state index contributed by atoms with van der Waals surface area (Å²) < 4.78 is 11.1. The van der Waals surface area contributed by atoms with Gasteiger partial charge in [0.2, 0.25) is 0 Å². The van der Waals surface area contributed by atoms with Crippen LogP contribution in [-0.4, -0.2) is 83.7 Å². The van der Waals surface area contributed by atoms with Crippen LogP contribution in [0.2, 0.25) is 0 Å². The number of nitrogens with zero attached hydrogens (tertiary/aromatic N) is 4. The second-order valence-corrected chi connectivity index (χ2v) is 9.08. The maximum atomic E-state index is 13.4. The third kappa shape index (κ3) is 4.20. The third-order valence-corrected chi connectivity index (χ3v) is 7.45. The van der Waals surface area contributed by atoms with Gasteiger partial charge >= 0.3 is 5.97 Å². The minimum Gasteiger partial charge on any atom is -0.466 e.